The molecule has 1 aliphatic heterocycles. The number of thiophene rings is 1. The number of rotatable bonds is 2. The molecule has 0 fully saturated rings. The lowest BCUT2D eigenvalue weighted by molar-refractivity contribution is 0.0696. The highest BCUT2D eigenvalue weighted by atomic mass is 35.5. The molecule has 0 radical (unpaired) electrons. The molecule has 3 aromatic rings. The maximum atomic E-state index is 13.3. The lowest BCUT2D eigenvalue weighted by Gasteiger charge is -2.36. The Kier molecular flexibility index (Phi) is 4.78. The maximum Gasteiger partial charge on any atom is 0.256 e. The van der Waals surface area contributed by atoms with Gasteiger partial charge in [-0.05, 0) is 54.1 Å². The Morgan fingerprint density at radius 2 is 1.88 bits per heavy atom. The molecule has 2 nitrogen and oxygen atoms in total. The molecule has 5 heteroatoms. The monoisotopic (exact) mass is 401 g/mol. The van der Waals surface area contributed by atoms with Crippen LogP contribution in [-0.4, -0.2) is 17.4 Å². The van der Waals surface area contributed by atoms with Crippen LogP contribution in [0.1, 0.15) is 38.0 Å². The van der Waals surface area contributed by atoms with E-state index in [0.717, 1.165) is 12.0 Å². The van der Waals surface area contributed by atoms with E-state index in [2.05, 4.69) is 42.6 Å². The van der Waals surface area contributed by atoms with Crippen LogP contribution in [0, 0.1) is 6.92 Å². The Hall–Kier alpha value is -1.81. The maximum absolute atomic E-state index is 13.3. The molecule has 0 unspecified atom stereocenters. The van der Waals surface area contributed by atoms with Crippen LogP contribution in [0.15, 0.2) is 53.9 Å². The summed E-state index contributed by atoms with van der Waals surface area (Å²) in [5.41, 5.74) is 4.03. The van der Waals surface area contributed by atoms with Crippen molar-refractivity contribution in [1.82, 2.24) is 4.90 Å². The minimum absolute atomic E-state index is 0.0610. The van der Waals surface area contributed by atoms with Crippen molar-refractivity contribution in [2.75, 3.05) is 6.54 Å². The minimum Gasteiger partial charge on any atom is -0.327 e. The van der Waals surface area contributed by atoms with Gasteiger partial charge in [-0.15, -0.1) is 11.3 Å². The lowest BCUT2D eigenvalue weighted by atomic mass is 9.92. The number of carbonyl (C=O) groups is 1. The van der Waals surface area contributed by atoms with Crippen LogP contribution in [0.25, 0.3) is 0 Å². The topological polar surface area (TPSA) is 20.3 Å². The molecule has 2 aromatic carbocycles. The average Bonchev–Trinajstić information content (AvgIpc) is 3.10. The zero-order chi connectivity index (χ0) is 18.3. The number of aryl methyl sites for hydroxylation is 1. The molecule has 0 spiro atoms. The van der Waals surface area contributed by atoms with Gasteiger partial charge in [-0.3, -0.25) is 4.79 Å². The minimum atomic E-state index is -0.0927. The number of hydrogen-bond donors (Lipinski definition) is 0. The summed E-state index contributed by atoms with van der Waals surface area (Å²) in [6.45, 7) is 2.74. The third kappa shape index (κ3) is 3.16. The van der Waals surface area contributed by atoms with Crippen LogP contribution in [-0.2, 0) is 6.42 Å². The Morgan fingerprint density at radius 3 is 2.62 bits per heavy atom. The molecule has 4 rings (SSSR count). The SMILES string of the molecule is Cc1ccc([C@H]2c3ccsc3CCN2C(=O)c2ccc(Cl)cc2Cl)cc1. The summed E-state index contributed by atoms with van der Waals surface area (Å²) in [7, 11) is 0. The van der Waals surface area contributed by atoms with Crippen molar-refractivity contribution in [3.05, 3.63) is 91.1 Å². The fraction of sp³-hybridized carbons (Fsp3) is 0.190. The number of carbonyl (C=O) groups excluding carboxylic acids is 1. The van der Waals surface area contributed by atoms with Gasteiger partial charge in [0.05, 0.1) is 16.6 Å². The summed E-state index contributed by atoms with van der Waals surface area (Å²) in [5.74, 6) is -0.0610. The van der Waals surface area contributed by atoms with E-state index < -0.39 is 0 Å². The van der Waals surface area contributed by atoms with E-state index in [0.29, 0.717) is 22.2 Å². The van der Waals surface area contributed by atoms with Crippen LogP contribution in [0.5, 0.6) is 0 Å². The quantitative estimate of drug-likeness (QED) is 0.503. The highest BCUT2D eigenvalue weighted by molar-refractivity contribution is 7.10. The van der Waals surface area contributed by atoms with E-state index in [1.807, 2.05) is 4.90 Å². The zero-order valence-electron chi connectivity index (χ0n) is 14.2. The first-order chi connectivity index (χ1) is 12.5. The summed E-state index contributed by atoms with van der Waals surface area (Å²) >= 11 is 14.1. The van der Waals surface area contributed by atoms with Gasteiger partial charge in [-0.1, -0.05) is 53.0 Å². The Morgan fingerprint density at radius 1 is 1.12 bits per heavy atom. The molecule has 2 heterocycles. The molecule has 0 saturated carbocycles. The van der Waals surface area contributed by atoms with Gasteiger partial charge in [0.25, 0.3) is 5.91 Å². The fourth-order valence-corrected chi connectivity index (χ4v) is 4.85. The van der Waals surface area contributed by atoms with Crippen molar-refractivity contribution in [3.8, 4) is 0 Å². The normalized spacial score (nSPS) is 16.4. The van der Waals surface area contributed by atoms with Crippen molar-refractivity contribution in [2.24, 2.45) is 0 Å². The van der Waals surface area contributed by atoms with Crippen LogP contribution >= 0.6 is 34.5 Å². The van der Waals surface area contributed by atoms with E-state index in [-0.39, 0.29) is 11.9 Å². The van der Waals surface area contributed by atoms with E-state index >= 15 is 0 Å². The van der Waals surface area contributed by atoms with Crippen LogP contribution in [0.3, 0.4) is 0 Å². The van der Waals surface area contributed by atoms with E-state index in [9.17, 15) is 4.79 Å². The summed E-state index contributed by atoms with van der Waals surface area (Å²) in [5, 5.41) is 3.02. The van der Waals surface area contributed by atoms with Crippen LogP contribution < -0.4 is 0 Å². The van der Waals surface area contributed by atoms with E-state index in [1.54, 1.807) is 29.5 Å². The molecule has 1 aliphatic rings. The van der Waals surface area contributed by atoms with Crippen molar-refractivity contribution < 1.29 is 4.79 Å². The van der Waals surface area contributed by atoms with Crippen LogP contribution in [0.2, 0.25) is 10.0 Å². The summed E-state index contributed by atoms with van der Waals surface area (Å²) in [6, 6.07) is 15.5. The highest BCUT2D eigenvalue weighted by Crippen LogP contribution is 2.39. The molecular weight excluding hydrogens is 385 g/mol. The van der Waals surface area contributed by atoms with Gasteiger partial charge in [-0.2, -0.15) is 0 Å². The summed E-state index contributed by atoms with van der Waals surface area (Å²) < 4.78 is 0. The van der Waals surface area contributed by atoms with Gasteiger partial charge in [-0.25, -0.2) is 0 Å². The zero-order valence-corrected chi connectivity index (χ0v) is 16.5. The van der Waals surface area contributed by atoms with Gasteiger partial charge in [0.1, 0.15) is 0 Å². The standard InChI is InChI=1S/C21H17Cl2NOS/c1-13-2-4-14(5-3-13)20-17-9-11-26-19(17)8-10-24(20)21(25)16-7-6-15(22)12-18(16)23/h2-7,9,11-12,20H,8,10H2,1H3/t20-/m0/s1. The van der Waals surface area contributed by atoms with Crippen molar-refractivity contribution in [1.29, 1.82) is 0 Å². The van der Waals surface area contributed by atoms with Crippen molar-refractivity contribution >= 4 is 40.4 Å². The molecule has 132 valence electrons. The van der Waals surface area contributed by atoms with Gasteiger partial charge in [0.15, 0.2) is 0 Å². The molecule has 1 amide bonds. The molecule has 0 bridgehead atoms. The van der Waals surface area contributed by atoms with Crippen LogP contribution in [0.4, 0.5) is 0 Å². The number of hydrogen-bond acceptors (Lipinski definition) is 2. The molecule has 1 aromatic heterocycles. The third-order valence-electron chi connectivity index (χ3n) is 4.78. The fourth-order valence-electron chi connectivity index (χ4n) is 3.46. The highest BCUT2D eigenvalue weighted by Gasteiger charge is 2.33. The third-order valence-corrected chi connectivity index (χ3v) is 6.33. The number of halogens is 2. The second-order valence-corrected chi connectivity index (χ2v) is 8.33. The van der Waals surface area contributed by atoms with Gasteiger partial charge >= 0.3 is 0 Å². The smallest absolute Gasteiger partial charge is 0.256 e. The van der Waals surface area contributed by atoms with Gasteiger partial charge < -0.3 is 4.90 Å². The van der Waals surface area contributed by atoms with Crippen molar-refractivity contribution in [2.45, 2.75) is 19.4 Å². The predicted octanol–water partition coefficient (Wildman–Crippen LogP) is 6.15. The Balaban J connectivity index is 1.78. The van der Waals surface area contributed by atoms with Gasteiger partial charge in [0, 0.05) is 16.4 Å². The average molecular weight is 402 g/mol. The first kappa shape index (κ1) is 17.6. The second kappa shape index (κ2) is 7.07. The first-order valence-electron chi connectivity index (χ1n) is 8.43. The predicted molar refractivity (Wildman–Crippen MR) is 109 cm³/mol. The van der Waals surface area contributed by atoms with E-state index in [1.165, 1.54) is 16.0 Å². The lowest BCUT2D eigenvalue weighted by Crippen LogP contribution is -2.40. The number of amides is 1. The summed E-state index contributed by atoms with van der Waals surface area (Å²) in [4.78, 5) is 16.6. The summed E-state index contributed by atoms with van der Waals surface area (Å²) in [6.07, 6.45) is 0.867. The molecule has 0 aliphatic carbocycles. The Labute approximate surface area is 167 Å². The molecule has 0 saturated heterocycles. The number of fused-ring (bicyclic) bond motifs is 1. The molecule has 0 N–H and O–H groups in total. The second-order valence-electron chi connectivity index (χ2n) is 6.49. The first-order valence-corrected chi connectivity index (χ1v) is 10.1. The van der Waals surface area contributed by atoms with Crippen molar-refractivity contribution in [3.63, 3.8) is 0 Å². The number of benzene rings is 2. The molecular formula is C21H17Cl2NOS. The number of nitrogens with zero attached hydrogens (tertiary/aromatic N) is 1. The molecule has 26 heavy (non-hydrogen) atoms. The van der Waals surface area contributed by atoms with E-state index in [4.69, 9.17) is 23.2 Å². The van der Waals surface area contributed by atoms with Gasteiger partial charge in [0.2, 0.25) is 0 Å². The Bertz CT molecular complexity index is 964. The largest absolute Gasteiger partial charge is 0.327 e. The molecule has 1 atom stereocenters.